The van der Waals surface area contributed by atoms with E-state index in [4.69, 9.17) is 21.0 Å². The van der Waals surface area contributed by atoms with Crippen molar-refractivity contribution in [3.63, 3.8) is 0 Å². The van der Waals surface area contributed by atoms with Gasteiger partial charge >= 0.3 is 0 Å². The van der Waals surface area contributed by atoms with Crippen LogP contribution in [0.15, 0.2) is 89.4 Å². The van der Waals surface area contributed by atoms with Gasteiger partial charge in [0.2, 0.25) is 10.0 Å². The number of nitrogens with zero attached hydrogens (tertiary/aromatic N) is 3. The van der Waals surface area contributed by atoms with Gasteiger partial charge in [0, 0.05) is 23.7 Å². The number of hydrogen-bond acceptors (Lipinski definition) is 6. The van der Waals surface area contributed by atoms with Gasteiger partial charge in [-0.25, -0.2) is 13.4 Å². The summed E-state index contributed by atoms with van der Waals surface area (Å²) in [5.74, 6) is 0.244. The number of rotatable bonds is 10. The fourth-order valence-electron chi connectivity index (χ4n) is 3.68. The van der Waals surface area contributed by atoms with Gasteiger partial charge in [-0.3, -0.25) is 9.69 Å². The van der Waals surface area contributed by atoms with Crippen molar-refractivity contribution in [1.82, 2.24) is 9.29 Å². The number of carbonyl (C=O) groups excluding carboxylic acids is 1. The molecule has 10 heteroatoms. The number of benzene rings is 2. The Balaban J connectivity index is 1.69. The molecule has 0 aliphatic heterocycles. The van der Waals surface area contributed by atoms with Crippen LogP contribution in [-0.4, -0.2) is 36.7 Å². The average molecular weight is 542 g/mol. The zero-order chi connectivity index (χ0) is 25.9. The molecule has 36 heavy (non-hydrogen) atoms. The van der Waals surface area contributed by atoms with Gasteiger partial charge < -0.3 is 4.42 Å². The zero-order valence-electron chi connectivity index (χ0n) is 19.6. The number of halogens is 1. The topological polar surface area (TPSA) is 83.7 Å². The summed E-state index contributed by atoms with van der Waals surface area (Å²) in [4.78, 5) is 19.9. The lowest BCUT2D eigenvalue weighted by molar-refractivity contribution is 0.0983. The first kappa shape index (κ1) is 25.8. The molecule has 0 spiro atoms. The predicted molar refractivity (Wildman–Crippen MR) is 144 cm³/mol. The van der Waals surface area contributed by atoms with E-state index in [2.05, 4.69) is 13.2 Å². The highest BCUT2D eigenvalue weighted by molar-refractivity contribution is 7.89. The van der Waals surface area contributed by atoms with Crippen LogP contribution in [0.5, 0.6) is 0 Å². The summed E-state index contributed by atoms with van der Waals surface area (Å²) < 4.78 is 33.6. The maximum atomic E-state index is 13.6. The van der Waals surface area contributed by atoms with Gasteiger partial charge in [0.25, 0.3) is 5.91 Å². The number of hydrogen-bond donors (Lipinski definition) is 0. The Kier molecular flexibility index (Phi) is 7.75. The molecule has 186 valence electrons. The van der Waals surface area contributed by atoms with E-state index in [1.807, 2.05) is 19.1 Å². The van der Waals surface area contributed by atoms with Crippen molar-refractivity contribution in [3.8, 4) is 0 Å². The van der Waals surface area contributed by atoms with Crippen LogP contribution in [0.3, 0.4) is 0 Å². The van der Waals surface area contributed by atoms with Crippen LogP contribution >= 0.6 is 22.9 Å². The Morgan fingerprint density at radius 3 is 2.44 bits per heavy atom. The van der Waals surface area contributed by atoms with E-state index in [9.17, 15) is 13.2 Å². The lowest BCUT2D eigenvalue weighted by atomic mass is 10.2. The summed E-state index contributed by atoms with van der Waals surface area (Å²) in [7, 11) is -3.78. The Morgan fingerprint density at radius 2 is 1.83 bits per heavy atom. The van der Waals surface area contributed by atoms with Crippen LogP contribution in [0.4, 0.5) is 5.13 Å². The van der Waals surface area contributed by atoms with Crippen molar-refractivity contribution < 1.29 is 17.6 Å². The third-order valence-electron chi connectivity index (χ3n) is 5.41. The quantitative estimate of drug-likeness (QED) is 0.228. The second-order valence-corrected chi connectivity index (χ2v) is 11.3. The minimum atomic E-state index is -3.78. The first-order valence-electron chi connectivity index (χ1n) is 11.0. The van der Waals surface area contributed by atoms with Gasteiger partial charge in [-0.1, -0.05) is 35.1 Å². The molecule has 4 rings (SSSR count). The van der Waals surface area contributed by atoms with E-state index in [1.54, 1.807) is 12.1 Å². The van der Waals surface area contributed by atoms with Gasteiger partial charge in [-0.15, -0.1) is 13.2 Å². The number of aryl methyl sites for hydroxylation is 1. The number of thiazole rings is 1. The highest BCUT2D eigenvalue weighted by atomic mass is 35.5. The lowest BCUT2D eigenvalue weighted by Crippen LogP contribution is -2.32. The van der Waals surface area contributed by atoms with Crippen LogP contribution in [-0.2, 0) is 16.6 Å². The fourth-order valence-corrected chi connectivity index (χ4v) is 6.48. The molecule has 0 N–H and O–H groups in total. The molecule has 0 aliphatic rings. The zero-order valence-corrected chi connectivity index (χ0v) is 21.9. The lowest BCUT2D eigenvalue weighted by Gasteiger charge is -2.20. The second-order valence-electron chi connectivity index (χ2n) is 7.96. The van der Waals surface area contributed by atoms with Crippen molar-refractivity contribution in [2.75, 3.05) is 18.0 Å². The summed E-state index contributed by atoms with van der Waals surface area (Å²) in [5.41, 5.74) is 1.99. The van der Waals surface area contributed by atoms with Crippen LogP contribution in [0, 0.1) is 6.92 Å². The van der Waals surface area contributed by atoms with Crippen molar-refractivity contribution in [1.29, 1.82) is 0 Å². The monoisotopic (exact) mass is 541 g/mol. The first-order chi connectivity index (χ1) is 17.2. The SMILES string of the molecule is C=CCN(CC=C)S(=O)(=O)c1ccc(C(=O)N(Cc2ccco2)c2nc3c(C)cc(Cl)cc3s2)cc1. The minimum Gasteiger partial charge on any atom is -0.467 e. The highest BCUT2D eigenvalue weighted by Crippen LogP contribution is 2.34. The van der Waals surface area contributed by atoms with E-state index in [0.29, 0.717) is 21.5 Å². The summed E-state index contributed by atoms with van der Waals surface area (Å²) in [6.07, 6.45) is 4.56. The van der Waals surface area contributed by atoms with Crippen molar-refractivity contribution in [3.05, 3.63) is 102 Å². The van der Waals surface area contributed by atoms with Crippen LogP contribution in [0.2, 0.25) is 5.02 Å². The molecular weight excluding hydrogens is 518 g/mol. The number of anilines is 1. The molecule has 0 fully saturated rings. The summed E-state index contributed by atoms with van der Waals surface area (Å²) in [6.45, 7) is 9.61. The number of sulfonamides is 1. The molecule has 0 aliphatic carbocycles. The molecule has 0 saturated carbocycles. The van der Waals surface area contributed by atoms with Gasteiger partial charge in [0.15, 0.2) is 5.13 Å². The van der Waals surface area contributed by atoms with Gasteiger partial charge in [0.1, 0.15) is 5.76 Å². The molecule has 0 unspecified atom stereocenters. The average Bonchev–Trinajstić information content (AvgIpc) is 3.52. The molecule has 0 atom stereocenters. The smallest absolute Gasteiger partial charge is 0.260 e. The Hall–Kier alpha value is -3.24. The van der Waals surface area contributed by atoms with Gasteiger partial charge in [-0.05, 0) is 61.0 Å². The Morgan fingerprint density at radius 1 is 1.14 bits per heavy atom. The molecular formula is C26H24ClN3O4S2. The summed E-state index contributed by atoms with van der Waals surface area (Å²) in [6, 6.07) is 13.0. The van der Waals surface area contributed by atoms with Gasteiger partial charge in [0.05, 0.1) is 27.9 Å². The highest BCUT2D eigenvalue weighted by Gasteiger charge is 2.26. The third kappa shape index (κ3) is 5.29. The molecule has 0 radical (unpaired) electrons. The van der Waals surface area contributed by atoms with Crippen molar-refractivity contribution in [2.45, 2.75) is 18.4 Å². The largest absolute Gasteiger partial charge is 0.467 e. The van der Waals surface area contributed by atoms with E-state index >= 15 is 0 Å². The normalized spacial score (nSPS) is 11.6. The first-order valence-corrected chi connectivity index (χ1v) is 13.6. The van der Waals surface area contributed by atoms with E-state index in [0.717, 1.165) is 15.8 Å². The molecule has 4 aromatic rings. The van der Waals surface area contributed by atoms with Crippen LogP contribution < -0.4 is 4.90 Å². The molecule has 2 aromatic heterocycles. The third-order valence-corrected chi connectivity index (χ3v) is 8.50. The van der Waals surface area contributed by atoms with Gasteiger partial charge in [-0.2, -0.15) is 4.31 Å². The minimum absolute atomic E-state index is 0.0746. The standard InChI is InChI=1S/C26H24ClN3O4S2/c1-4-12-29(13-5-2)36(32,33)22-10-8-19(9-11-22)25(31)30(17-21-7-6-14-34-21)26-28-24-18(3)15-20(27)16-23(24)35-26/h4-11,14-16H,1-2,12-13,17H2,3H3. The number of aromatic nitrogens is 1. The van der Waals surface area contributed by atoms with Crippen molar-refractivity contribution in [2.24, 2.45) is 0 Å². The Bertz CT molecular complexity index is 1500. The predicted octanol–water partition coefficient (Wildman–Crippen LogP) is 6.06. The van der Waals surface area contributed by atoms with E-state index in [1.165, 1.54) is 63.2 Å². The summed E-state index contributed by atoms with van der Waals surface area (Å²) >= 11 is 7.57. The fraction of sp³-hybridized carbons (Fsp3) is 0.154. The number of furan rings is 1. The van der Waals surface area contributed by atoms with E-state index < -0.39 is 10.0 Å². The van der Waals surface area contributed by atoms with Crippen molar-refractivity contribution >= 4 is 54.2 Å². The molecule has 2 aromatic carbocycles. The maximum absolute atomic E-state index is 13.6. The van der Waals surface area contributed by atoms with Crippen LogP contribution in [0.1, 0.15) is 21.7 Å². The second kappa shape index (κ2) is 10.8. The number of amides is 1. The molecule has 0 saturated heterocycles. The Labute approximate surface area is 219 Å². The van der Waals surface area contributed by atoms with E-state index in [-0.39, 0.29) is 30.4 Å². The molecule has 0 bridgehead atoms. The molecule has 1 amide bonds. The number of fused-ring (bicyclic) bond motifs is 1. The van der Waals surface area contributed by atoms with Crippen LogP contribution in [0.25, 0.3) is 10.2 Å². The number of carbonyl (C=O) groups is 1. The molecule has 2 heterocycles. The maximum Gasteiger partial charge on any atom is 0.260 e. The summed E-state index contributed by atoms with van der Waals surface area (Å²) in [5, 5.41) is 1.08. The molecule has 7 nitrogen and oxygen atoms in total.